The predicted octanol–water partition coefficient (Wildman–Crippen LogP) is 2.75. The molecule has 0 unspecified atom stereocenters. The molecule has 1 aromatic heterocycles. The van der Waals surface area contributed by atoms with Crippen LogP contribution in [0.1, 0.15) is 18.2 Å². The standard InChI is InChI=1S/C17H20N2O5/c1-11(14-7-6-13(20)9-18-14)19-24-10-12-5-8-15(21-2)17(23-4)16(12)22-3/h5-9,20H,10H2,1-4H3. The van der Waals surface area contributed by atoms with E-state index in [1.165, 1.54) is 6.20 Å². The zero-order chi connectivity index (χ0) is 17.5. The van der Waals surface area contributed by atoms with Gasteiger partial charge in [0.25, 0.3) is 0 Å². The molecule has 7 heteroatoms. The highest BCUT2D eigenvalue weighted by Gasteiger charge is 2.16. The van der Waals surface area contributed by atoms with Crippen LogP contribution in [0.25, 0.3) is 0 Å². The van der Waals surface area contributed by atoms with Gasteiger partial charge in [-0.05, 0) is 31.2 Å². The van der Waals surface area contributed by atoms with Crippen molar-refractivity contribution in [2.24, 2.45) is 5.16 Å². The first kappa shape index (κ1) is 17.4. The molecule has 1 heterocycles. The third-order valence-corrected chi connectivity index (χ3v) is 3.33. The molecule has 1 N–H and O–H groups in total. The molecule has 128 valence electrons. The summed E-state index contributed by atoms with van der Waals surface area (Å²) in [5.41, 5.74) is 1.98. The van der Waals surface area contributed by atoms with Gasteiger partial charge in [-0.1, -0.05) is 5.16 Å². The summed E-state index contributed by atoms with van der Waals surface area (Å²) in [4.78, 5) is 9.46. The van der Waals surface area contributed by atoms with E-state index in [1.54, 1.807) is 46.5 Å². The van der Waals surface area contributed by atoms with Crippen LogP contribution in [0, 0.1) is 0 Å². The van der Waals surface area contributed by atoms with Gasteiger partial charge >= 0.3 is 0 Å². The van der Waals surface area contributed by atoms with Crippen LogP contribution in [0.4, 0.5) is 0 Å². The molecular weight excluding hydrogens is 312 g/mol. The molecule has 2 rings (SSSR count). The van der Waals surface area contributed by atoms with E-state index >= 15 is 0 Å². The molecule has 24 heavy (non-hydrogen) atoms. The number of nitrogens with zero attached hydrogens (tertiary/aromatic N) is 2. The largest absolute Gasteiger partial charge is 0.506 e. The molecule has 0 bridgehead atoms. The van der Waals surface area contributed by atoms with Gasteiger partial charge < -0.3 is 24.2 Å². The molecule has 7 nitrogen and oxygen atoms in total. The van der Waals surface area contributed by atoms with Crippen molar-refractivity contribution >= 4 is 5.71 Å². The Bertz CT molecular complexity index is 714. The maximum absolute atomic E-state index is 9.24. The molecular formula is C17H20N2O5. The Balaban J connectivity index is 2.14. The molecule has 0 saturated heterocycles. The minimum absolute atomic E-state index is 0.0996. The number of oxime groups is 1. The Labute approximate surface area is 140 Å². The van der Waals surface area contributed by atoms with Crippen LogP contribution >= 0.6 is 0 Å². The number of aromatic nitrogens is 1. The van der Waals surface area contributed by atoms with Gasteiger partial charge in [0.1, 0.15) is 18.1 Å². The lowest BCUT2D eigenvalue weighted by molar-refractivity contribution is 0.128. The lowest BCUT2D eigenvalue weighted by atomic mass is 10.2. The van der Waals surface area contributed by atoms with E-state index in [2.05, 4.69) is 10.1 Å². The van der Waals surface area contributed by atoms with Gasteiger partial charge in [-0.25, -0.2) is 0 Å². The Hall–Kier alpha value is -2.96. The Morgan fingerprint density at radius 1 is 1.04 bits per heavy atom. The number of ether oxygens (including phenoxy) is 3. The second kappa shape index (κ2) is 8.05. The molecule has 1 aromatic carbocycles. The van der Waals surface area contributed by atoms with Crippen LogP contribution in [0.5, 0.6) is 23.0 Å². The fourth-order valence-electron chi connectivity index (χ4n) is 2.12. The van der Waals surface area contributed by atoms with Crippen LogP contribution in [0.3, 0.4) is 0 Å². The van der Waals surface area contributed by atoms with Gasteiger partial charge in [-0.15, -0.1) is 0 Å². The molecule has 0 spiro atoms. The summed E-state index contributed by atoms with van der Waals surface area (Å²) in [5, 5.41) is 13.3. The normalized spacial score (nSPS) is 11.1. The number of benzene rings is 1. The molecule has 2 aromatic rings. The molecule has 0 amide bonds. The second-order valence-corrected chi connectivity index (χ2v) is 4.85. The summed E-state index contributed by atoms with van der Waals surface area (Å²) in [6.07, 6.45) is 1.35. The number of rotatable bonds is 7. The third kappa shape index (κ3) is 3.87. The summed E-state index contributed by atoms with van der Waals surface area (Å²) >= 11 is 0. The minimum Gasteiger partial charge on any atom is -0.506 e. The van der Waals surface area contributed by atoms with E-state index in [-0.39, 0.29) is 12.4 Å². The van der Waals surface area contributed by atoms with Crippen LogP contribution in [-0.4, -0.2) is 37.1 Å². The molecule has 0 aliphatic carbocycles. The van der Waals surface area contributed by atoms with Crippen molar-refractivity contribution in [3.8, 4) is 23.0 Å². The van der Waals surface area contributed by atoms with E-state index in [9.17, 15) is 5.11 Å². The summed E-state index contributed by atoms with van der Waals surface area (Å²) in [6.45, 7) is 1.96. The van der Waals surface area contributed by atoms with Crippen molar-refractivity contribution in [3.05, 3.63) is 41.7 Å². The highest BCUT2D eigenvalue weighted by molar-refractivity contribution is 5.96. The molecule has 0 aliphatic rings. The summed E-state index contributed by atoms with van der Waals surface area (Å²) < 4.78 is 16.0. The predicted molar refractivity (Wildman–Crippen MR) is 89.0 cm³/mol. The first-order valence-corrected chi connectivity index (χ1v) is 7.20. The number of hydrogen-bond acceptors (Lipinski definition) is 7. The molecule has 0 fully saturated rings. The fraction of sp³-hybridized carbons (Fsp3) is 0.294. The number of methoxy groups -OCH3 is 3. The van der Waals surface area contributed by atoms with Crippen LogP contribution in [0.2, 0.25) is 0 Å². The van der Waals surface area contributed by atoms with Gasteiger partial charge in [0, 0.05) is 5.56 Å². The van der Waals surface area contributed by atoms with Gasteiger partial charge in [-0.2, -0.15) is 0 Å². The van der Waals surface area contributed by atoms with Gasteiger partial charge in [0.2, 0.25) is 5.75 Å². The minimum atomic E-state index is 0.0996. The van der Waals surface area contributed by atoms with E-state index in [0.717, 1.165) is 5.56 Å². The quantitative estimate of drug-likeness (QED) is 0.620. The van der Waals surface area contributed by atoms with Gasteiger partial charge in [-0.3, -0.25) is 4.98 Å². The van der Waals surface area contributed by atoms with Crippen molar-refractivity contribution in [2.75, 3.05) is 21.3 Å². The van der Waals surface area contributed by atoms with Crippen molar-refractivity contribution < 1.29 is 24.2 Å². The maximum atomic E-state index is 9.24. The lowest BCUT2D eigenvalue weighted by Gasteiger charge is -2.15. The van der Waals surface area contributed by atoms with Crippen molar-refractivity contribution in [1.29, 1.82) is 0 Å². The summed E-state index contributed by atoms with van der Waals surface area (Å²) in [7, 11) is 4.66. The average Bonchev–Trinajstić information content (AvgIpc) is 2.61. The van der Waals surface area contributed by atoms with Crippen LogP contribution < -0.4 is 14.2 Å². The van der Waals surface area contributed by atoms with E-state index in [4.69, 9.17) is 19.0 Å². The van der Waals surface area contributed by atoms with Gasteiger partial charge in [0.15, 0.2) is 11.5 Å². The summed E-state index contributed by atoms with van der Waals surface area (Å²) in [6, 6.07) is 6.80. The second-order valence-electron chi connectivity index (χ2n) is 4.85. The molecule has 0 radical (unpaired) electrons. The third-order valence-electron chi connectivity index (χ3n) is 3.33. The smallest absolute Gasteiger partial charge is 0.203 e. The number of pyridine rings is 1. The topological polar surface area (TPSA) is 82.4 Å². The maximum Gasteiger partial charge on any atom is 0.203 e. The summed E-state index contributed by atoms with van der Waals surface area (Å²) in [5.74, 6) is 1.71. The van der Waals surface area contributed by atoms with Gasteiger partial charge in [0.05, 0.1) is 33.2 Å². The Morgan fingerprint density at radius 3 is 2.38 bits per heavy atom. The fourth-order valence-corrected chi connectivity index (χ4v) is 2.12. The number of hydrogen-bond donors (Lipinski definition) is 1. The highest BCUT2D eigenvalue weighted by atomic mass is 16.6. The first-order valence-electron chi connectivity index (χ1n) is 7.20. The SMILES string of the molecule is COc1ccc(CON=C(C)c2ccc(O)cn2)c(OC)c1OC. The van der Waals surface area contributed by atoms with Crippen molar-refractivity contribution in [1.82, 2.24) is 4.98 Å². The lowest BCUT2D eigenvalue weighted by Crippen LogP contribution is -2.02. The van der Waals surface area contributed by atoms with Crippen LogP contribution in [0.15, 0.2) is 35.6 Å². The Kier molecular flexibility index (Phi) is 5.83. The number of aromatic hydroxyl groups is 1. The first-order chi connectivity index (χ1) is 11.6. The van der Waals surface area contributed by atoms with E-state index in [1.807, 2.05) is 6.07 Å². The average molecular weight is 332 g/mol. The monoisotopic (exact) mass is 332 g/mol. The zero-order valence-electron chi connectivity index (χ0n) is 14.1. The highest BCUT2D eigenvalue weighted by Crippen LogP contribution is 2.39. The van der Waals surface area contributed by atoms with Crippen molar-refractivity contribution in [2.45, 2.75) is 13.5 Å². The van der Waals surface area contributed by atoms with E-state index < -0.39 is 0 Å². The zero-order valence-corrected chi connectivity index (χ0v) is 14.1. The van der Waals surface area contributed by atoms with Crippen molar-refractivity contribution in [3.63, 3.8) is 0 Å². The molecule has 0 atom stereocenters. The molecule has 0 saturated carbocycles. The Morgan fingerprint density at radius 2 is 1.79 bits per heavy atom. The van der Waals surface area contributed by atoms with Crippen LogP contribution in [-0.2, 0) is 11.4 Å². The van der Waals surface area contributed by atoms with E-state index in [0.29, 0.717) is 28.7 Å². The molecule has 0 aliphatic heterocycles.